The molecule has 2 amide bonds. The molecule has 12 nitrogen and oxygen atoms in total. The van der Waals surface area contributed by atoms with Gasteiger partial charge in [-0.25, -0.2) is 9.48 Å². The second-order valence-electron chi connectivity index (χ2n) is 13.4. The van der Waals surface area contributed by atoms with Crippen molar-refractivity contribution in [3.63, 3.8) is 0 Å². The fourth-order valence-electron chi connectivity index (χ4n) is 8.33. The molecule has 0 spiro atoms. The Kier molecular flexibility index (Phi) is 8.60. The number of ether oxygens (including phenoxy) is 3. The van der Waals surface area contributed by atoms with Crippen LogP contribution in [0.5, 0.6) is 0 Å². The molecule has 2 unspecified atom stereocenters. The second kappa shape index (κ2) is 11.9. The highest BCUT2D eigenvalue weighted by atomic mass is 16.6. The monoisotopic (exact) mass is 571 g/mol. The molecule has 2 N–H and O–H groups in total. The number of carbonyl (C=O) groups is 2. The maximum atomic E-state index is 13.7. The van der Waals surface area contributed by atoms with Crippen LogP contribution in [0.3, 0.4) is 0 Å². The van der Waals surface area contributed by atoms with E-state index in [9.17, 15) is 14.9 Å². The Hall–Kier alpha value is -2.75. The van der Waals surface area contributed by atoms with Crippen LogP contribution in [-0.2, 0) is 32.1 Å². The summed E-state index contributed by atoms with van der Waals surface area (Å²) in [7, 11) is 0. The number of rotatable bonds is 11. The Morgan fingerprint density at radius 3 is 2.61 bits per heavy atom. The van der Waals surface area contributed by atoms with Gasteiger partial charge in [0.1, 0.15) is 6.04 Å². The van der Waals surface area contributed by atoms with Gasteiger partial charge >= 0.3 is 6.09 Å². The van der Waals surface area contributed by atoms with E-state index in [1.807, 2.05) is 31.9 Å². The fourth-order valence-corrected chi connectivity index (χ4v) is 8.33. The summed E-state index contributed by atoms with van der Waals surface area (Å²) in [5, 5.41) is 17.4. The Bertz CT molecular complexity index is 1130. The van der Waals surface area contributed by atoms with Gasteiger partial charge < -0.3 is 24.8 Å². The molecular formula is C29H45N7O5. The number of carbonyl (C=O) groups excluding carboxylic acids is 2. The molecule has 1 aromatic rings. The molecule has 12 heteroatoms. The van der Waals surface area contributed by atoms with Crippen LogP contribution in [0.2, 0.25) is 0 Å². The summed E-state index contributed by atoms with van der Waals surface area (Å²) in [5.41, 5.74) is 5.19. The molecule has 226 valence electrons. The molecule has 4 aliphatic carbocycles. The smallest absolute Gasteiger partial charge is 0.411 e. The molecule has 1 aromatic heterocycles. The maximum Gasteiger partial charge on any atom is 0.411 e. The van der Waals surface area contributed by atoms with Gasteiger partial charge in [0, 0.05) is 24.8 Å². The van der Waals surface area contributed by atoms with Crippen LogP contribution in [0.15, 0.2) is 6.20 Å². The van der Waals surface area contributed by atoms with E-state index in [1.165, 1.54) is 11.3 Å². The van der Waals surface area contributed by atoms with Crippen molar-refractivity contribution in [2.75, 3.05) is 33.0 Å². The average Bonchev–Trinajstić information content (AvgIpc) is 3.57. The third-order valence-electron chi connectivity index (χ3n) is 9.24. The summed E-state index contributed by atoms with van der Waals surface area (Å²) in [6.45, 7) is 8.75. The van der Waals surface area contributed by atoms with E-state index in [0.29, 0.717) is 57.7 Å². The number of aromatic nitrogens is 3. The summed E-state index contributed by atoms with van der Waals surface area (Å²) in [6.07, 6.45) is 8.62. The van der Waals surface area contributed by atoms with Gasteiger partial charge in [0.05, 0.1) is 49.3 Å². The van der Waals surface area contributed by atoms with Crippen LogP contribution in [0.4, 0.5) is 4.79 Å². The number of amides is 2. The molecule has 41 heavy (non-hydrogen) atoms. The molecule has 4 saturated carbocycles. The highest BCUT2D eigenvalue weighted by Crippen LogP contribution is 2.61. The largest absolute Gasteiger partial charge is 0.439 e. The van der Waals surface area contributed by atoms with Crippen LogP contribution in [-0.4, -0.2) is 92.5 Å². The number of nitrogens with zero attached hydrogens (tertiary/aromatic N) is 6. The summed E-state index contributed by atoms with van der Waals surface area (Å²) in [5.74, 6) is 0.674. The normalized spacial score (nSPS) is 30.4. The Balaban J connectivity index is 1.19. The van der Waals surface area contributed by atoms with Crippen LogP contribution in [0, 0.1) is 23.2 Å². The topological polar surface area (TPSA) is 149 Å². The van der Waals surface area contributed by atoms with Crippen molar-refractivity contribution < 1.29 is 23.8 Å². The molecule has 1 aliphatic heterocycles. The molecule has 2 heterocycles. The minimum absolute atomic E-state index is 0.287. The van der Waals surface area contributed by atoms with Crippen molar-refractivity contribution in [1.29, 1.82) is 5.26 Å². The lowest BCUT2D eigenvalue weighted by Gasteiger charge is -2.65. The zero-order valence-electron chi connectivity index (χ0n) is 24.7. The van der Waals surface area contributed by atoms with E-state index in [4.69, 9.17) is 19.9 Å². The first-order valence-electron chi connectivity index (χ1n) is 15.0. The number of hydrogen-bond donors (Lipinski definition) is 1. The predicted molar refractivity (Wildman–Crippen MR) is 148 cm³/mol. The van der Waals surface area contributed by atoms with Crippen molar-refractivity contribution in [3.05, 3.63) is 11.9 Å². The highest BCUT2D eigenvalue weighted by molar-refractivity contribution is 5.81. The van der Waals surface area contributed by atoms with Gasteiger partial charge in [-0.15, -0.1) is 5.10 Å². The van der Waals surface area contributed by atoms with Gasteiger partial charge in [0.15, 0.2) is 6.61 Å². The van der Waals surface area contributed by atoms with Gasteiger partial charge in [0.25, 0.3) is 5.91 Å². The van der Waals surface area contributed by atoms with Crippen LogP contribution < -0.4 is 5.73 Å². The molecule has 5 fully saturated rings. The zero-order chi connectivity index (χ0) is 29.3. The van der Waals surface area contributed by atoms with Gasteiger partial charge in [-0.05, 0) is 84.0 Å². The molecule has 3 atom stereocenters. The summed E-state index contributed by atoms with van der Waals surface area (Å²) in [4.78, 5) is 30.0. The molecule has 6 rings (SSSR count). The average molecular weight is 572 g/mol. The van der Waals surface area contributed by atoms with E-state index in [-0.39, 0.29) is 23.7 Å². The van der Waals surface area contributed by atoms with E-state index >= 15 is 0 Å². The maximum absolute atomic E-state index is 13.7. The molecule has 5 aliphatic rings. The van der Waals surface area contributed by atoms with E-state index in [2.05, 4.69) is 16.4 Å². The summed E-state index contributed by atoms with van der Waals surface area (Å²) in [6, 6.07) is 1.75. The standard InChI is InChI=1S/C29H45N7O5/c1-27(2,3)36(26(38)40-19-25(37)35-6-4-5-24(35)17-31)28-12-21-11-22(13-28)15-29(14-21,20-28)41-10-9-39-8-7-34-18-23(16-30)32-33-34/h18,21-22,24H,4-16,19-20,30H2,1-3H3/t21?,22?,24-,28?,29?/m0/s1. The summed E-state index contributed by atoms with van der Waals surface area (Å²) >= 11 is 0. The fraction of sp³-hybridized carbons (Fsp3) is 0.828. The quantitative estimate of drug-likeness (QED) is 0.396. The lowest BCUT2D eigenvalue weighted by atomic mass is 9.50. The van der Waals surface area contributed by atoms with E-state index in [0.717, 1.165) is 44.2 Å². The third kappa shape index (κ3) is 6.37. The van der Waals surface area contributed by atoms with E-state index < -0.39 is 17.7 Å². The molecular weight excluding hydrogens is 526 g/mol. The predicted octanol–water partition coefficient (Wildman–Crippen LogP) is 2.61. The van der Waals surface area contributed by atoms with Gasteiger partial charge in [-0.2, -0.15) is 5.26 Å². The van der Waals surface area contributed by atoms with Crippen LogP contribution in [0.1, 0.15) is 77.8 Å². The molecule has 4 bridgehead atoms. The first kappa shape index (κ1) is 29.7. The van der Waals surface area contributed by atoms with Gasteiger partial charge in [0.2, 0.25) is 0 Å². The van der Waals surface area contributed by atoms with Crippen molar-refractivity contribution in [2.45, 2.75) is 108 Å². The summed E-state index contributed by atoms with van der Waals surface area (Å²) < 4.78 is 19.9. The highest BCUT2D eigenvalue weighted by Gasteiger charge is 2.63. The van der Waals surface area contributed by atoms with E-state index in [1.54, 1.807) is 4.68 Å². The lowest BCUT2D eigenvalue weighted by molar-refractivity contribution is -0.208. The Morgan fingerprint density at radius 2 is 1.95 bits per heavy atom. The SMILES string of the molecule is CC(C)(C)N(C(=O)OCC(=O)N1CCC[C@H]1C#N)C12CC3CC(CC(OCCOCCn4cc(CN)nn4)(C3)C1)C2. The number of hydrogen-bond acceptors (Lipinski definition) is 9. The van der Waals surface area contributed by atoms with Gasteiger partial charge in [-0.1, -0.05) is 5.21 Å². The van der Waals surface area contributed by atoms with Crippen LogP contribution >= 0.6 is 0 Å². The van der Waals surface area contributed by atoms with Crippen LogP contribution in [0.25, 0.3) is 0 Å². The minimum atomic E-state index is -0.496. The first-order valence-corrected chi connectivity index (χ1v) is 15.0. The zero-order valence-corrected chi connectivity index (χ0v) is 24.7. The van der Waals surface area contributed by atoms with Crippen molar-refractivity contribution in [2.24, 2.45) is 17.6 Å². The molecule has 1 saturated heterocycles. The molecule has 0 radical (unpaired) electrons. The third-order valence-corrected chi connectivity index (χ3v) is 9.24. The Morgan fingerprint density at radius 1 is 1.20 bits per heavy atom. The van der Waals surface area contributed by atoms with Crippen molar-refractivity contribution in [3.8, 4) is 6.07 Å². The first-order chi connectivity index (χ1) is 19.6. The molecule has 0 aromatic carbocycles. The minimum Gasteiger partial charge on any atom is -0.439 e. The lowest BCUT2D eigenvalue weighted by Crippen LogP contribution is -2.70. The number of nitriles is 1. The second-order valence-corrected chi connectivity index (χ2v) is 13.4. The Labute approximate surface area is 242 Å². The number of likely N-dealkylation sites (tertiary alicyclic amines) is 1. The van der Waals surface area contributed by atoms with Crippen molar-refractivity contribution in [1.82, 2.24) is 24.8 Å². The van der Waals surface area contributed by atoms with Crippen molar-refractivity contribution >= 4 is 12.0 Å². The number of nitrogens with two attached hydrogens (primary N) is 1. The van der Waals surface area contributed by atoms with Gasteiger partial charge in [-0.3, -0.25) is 9.69 Å².